The van der Waals surface area contributed by atoms with Gasteiger partial charge >= 0.3 is 0 Å². The van der Waals surface area contributed by atoms with Crippen molar-refractivity contribution in [2.45, 2.75) is 6.42 Å². The van der Waals surface area contributed by atoms with Gasteiger partial charge in [-0.1, -0.05) is 18.2 Å². The van der Waals surface area contributed by atoms with E-state index in [0.717, 1.165) is 20.9 Å². The summed E-state index contributed by atoms with van der Waals surface area (Å²) in [4.78, 5) is 16.8. The minimum atomic E-state index is -0.0179. The van der Waals surface area contributed by atoms with Gasteiger partial charge in [-0.15, -0.1) is 0 Å². The van der Waals surface area contributed by atoms with Gasteiger partial charge in [-0.2, -0.15) is 5.10 Å². The molecule has 0 bridgehead atoms. The lowest BCUT2D eigenvalue weighted by Gasteiger charge is -2.04. The number of carbonyl (C=O) groups is 1. The molecule has 1 aromatic carbocycles. The number of fused-ring (bicyclic) bond motifs is 1. The van der Waals surface area contributed by atoms with Crippen LogP contribution >= 0.6 is 15.9 Å². The van der Waals surface area contributed by atoms with Crippen LogP contribution in [-0.4, -0.2) is 20.5 Å². The predicted molar refractivity (Wildman–Crippen MR) is 80.7 cm³/mol. The summed E-state index contributed by atoms with van der Waals surface area (Å²) < 4.78 is 2.41. The number of halogens is 1. The van der Waals surface area contributed by atoms with Gasteiger partial charge in [0.05, 0.1) is 11.7 Å². The Morgan fingerprint density at radius 1 is 1.35 bits per heavy atom. The summed E-state index contributed by atoms with van der Waals surface area (Å²) in [6, 6.07) is 9.68. The summed E-state index contributed by atoms with van der Waals surface area (Å²) >= 11 is 3.43. The van der Waals surface area contributed by atoms with Gasteiger partial charge in [0, 0.05) is 29.5 Å². The average molecular weight is 330 g/mol. The number of nitrogens with zero attached hydrogens (tertiary/aromatic N) is 3. The molecule has 4 nitrogen and oxygen atoms in total. The Labute approximate surface area is 124 Å². The summed E-state index contributed by atoms with van der Waals surface area (Å²) in [7, 11) is 1.83. The number of rotatable bonds is 3. The summed E-state index contributed by atoms with van der Waals surface area (Å²) in [6.07, 6.45) is 3.84. The summed E-state index contributed by atoms with van der Waals surface area (Å²) in [5, 5.41) is 5.08. The molecule has 0 amide bonds. The molecule has 0 unspecified atom stereocenters. The molecule has 20 heavy (non-hydrogen) atoms. The van der Waals surface area contributed by atoms with Gasteiger partial charge in [0.2, 0.25) is 0 Å². The molecule has 0 aliphatic rings. The first kappa shape index (κ1) is 13.0. The number of aromatic nitrogens is 3. The van der Waals surface area contributed by atoms with Crippen LogP contribution in [0.5, 0.6) is 0 Å². The van der Waals surface area contributed by atoms with Crippen LogP contribution in [0.3, 0.4) is 0 Å². The third kappa shape index (κ3) is 2.49. The number of carbonyl (C=O) groups excluding carboxylic acids is 1. The lowest BCUT2D eigenvalue weighted by atomic mass is 10.1. The van der Waals surface area contributed by atoms with Crippen molar-refractivity contribution >= 4 is 32.6 Å². The van der Waals surface area contributed by atoms with E-state index in [9.17, 15) is 4.79 Å². The minimum Gasteiger partial charge on any atom is -0.292 e. The molecular weight excluding hydrogens is 318 g/mol. The maximum Gasteiger partial charge on any atom is 0.186 e. The molecule has 0 aliphatic carbocycles. The molecule has 0 radical (unpaired) electrons. The largest absolute Gasteiger partial charge is 0.292 e. The Hall–Kier alpha value is -2.01. The van der Waals surface area contributed by atoms with E-state index in [2.05, 4.69) is 26.0 Å². The summed E-state index contributed by atoms with van der Waals surface area (Å²) in [5.74, 6) is -0.0179. The van der Waals surface area contributed by atoms with Gasteiger partial charge in [0.25, 0.3) is 0 Å². The van der Waals surface area contributed by atoms with Crippen LogP contribution in [0.4, 0.5) is 0 Å². The van der Waals surface area contributed by atoms with Crippen LogP contribution in [0, 0.1) is 0 Å². The van der Waals surface area contributed by atoms with E-state index in [1.807, 2.05) is 43.6 Å². The fourth-order valence-electron chi connectivity index (χ4n) is 2.12. The predicted octanol–water partition coefficient (Wildman–Crippen LogP) is 3.16. The monoisotopic (exact) mass is 329 g/mol. The molecule has 0 saturated carbocycles. The molecule has 100 valence electrons. The summed E-state index contributed by atoms with van der Waals surface area (Å²) in [6.45, 7) is 0. The molecule has 0 atom stereocenters. The van der Waals surface area contributed by atoms with Crippen LogP contribution in [0.2, 0.25) is 0 Å². The highest BCUT2D eigenvalue weighted by molar-refractivity contribution is 9.10. The lowest BCUT2D eigenvalue weighted by molar-refractivity contribution is 0.0988. The van der Waals surface area contributed by atoms with E-state index in [1.54, 1.807) is 10.9 Å². The van der Waals surface area contributed by atoms with Crippen molar-refractivity contribution in [3.63, 3.8) is 0 Å². The fraction of sp³-hybridized carbons (Fsp3) is 0.133. The number of Topliss-reactive ketones (excluding diaryl/α,β-unsaturated/α-hetero) is 1. The number of aryl methyl sites for hydroxylation is 1. The zero-order valence-electron chi connectivity index (χ0n) is 10.9. The van der Waals surface area contributed by atoms with Gasteiger partial charge in [-0.05, 0) is 33.6 Å². The smallest absolute Gasteiger partial charge is 0.186 e. The third-order valence-corrected chi connectivity index (χ3v) is 3.67. The lowest BCUT2D eigenvalue weighted by Crippen LogP contribution is -2.07. The number of benzene rings is 1. The SMILES string of the molecule is Cn1cc(CC(=O)c2nc3ccccc3cc2Br)cn1. The molecule has 0 N–H and O–H groups in total. The quantitative estimate of drug-likeness (QED) is 0.693. The van der Waals surface area contributed by atoms with Crippen LogP contribution in [0.1, 0.15) is 16.1 Å². The fourth-order valence-corrected chi connectivity index (χ4v) is 2.67. The molecule has 3 aromatic rings. The molecule has 2 aromatic heterocycles. The first-order valence-corrected chi connectivity index (χ1v) is 6.99. The van der Waals surface area contributed by atoms with Crippen molar-refractivity contribution < 1.29 is 4.79 Å². The van der Waals surface area contributed by atoms with Crippen molar-refractivity contribution in [1.29, 1.82) is 0 Å². The Morgan fingerprint density at radius 3 is 2.90 bits per heavy atom. The molecule has 0 fully saturated rings. The first-order chi connectivity index (χ1) is 9.63. The van der Waals surface area contributed by atoms with E-state index in [0.29, 0.717) is 12.1 Å². The molecule has 0 spiro atoms. The maximum atomic E-state index is 12.4. The number of para-hydroxylation sites is 1. The number of ketones is 1. The standard InChI is InChI=1S/C15H12BrN3O/c1-19-9-10(8-17-19)6-14(20)15-12(16)7-11-4-2-3-5-13(11)18-15/h2-5,7-9H,6H2,1H3. The highest BCUT2D eigenvalue weighted by Crippen LogP contribution is 2.22. The van der Waals surface area contributed by atoms with E-state index >= 15 is 0 Å². The first-order valence-electron chi connectivity index (χ1n) is 6.19. The number of hydrogen-bond acceptors (Lipinski definition) is 3. The third-order valence-electron chi connectivity index (χ3n) is 3.06. The highest BCUT2D eigenvalue weighted by atomic mass is 79.9. The van der Waals surface area contributed by atoms with Crippen molar-refractivity contribution in [3.8, 4) is 0 Å². The second kappa shape index (κ2) is 5.17. The van der Waals surface area contributed by atoms with Gasteiger partial charge < -0.3 is 0 Å². The Balaban J connectivity index is 1.96. The van der Waals surface area contributed by atoms with Crippen molar-refractivity contribution in [1.82, 2.24) is 14.8 Å². The topological polar surface area (TPSA) is 47.8 Å². The Kier molecular flexibility index (Phi) is 3.36. The van der Waals surface area contributed by atoms with Crippen LogP contribution in [0.25, 0.3) is 10.9 Å². The molecule has 0 aliphatic heterocycles. The van der Waals surface area contributed by atoms with Gasteiger partial charge in [0.1, 0.15) is 5.69 Å². The zero-order valence-corrected chi connectivity index (χ0v) is 12.5. The Bertz CT molecular complexity index is 795. The Morgan fingerprint density at radius 2 is 2.15 bits per heavy atom. The average Bonchev–Trinajstić information content (AvgIpc) is 2.83. The van der Waals surface area contributed by atoms with Crippen molar-refractivity contribution in [2.75, 3.05) is 0 Å². The summed E-state index contributed by atoms with van der Waals surface area (Å²) in [5.41, 5.74) is 2.18. The molecule has 5 heteroatoms. The second-order valence-corrected chi connectivity index (χ2v) is 5.49. The maximum absolute atomic E-state index is 12.4. The zero-order chi connectivity index (χ0) is 14.1. The van der Waals surface area contributed by atoms with Crippen LogP contribution in [-0.2, 0) is 13.5 Å². The molecular formula is C15H12BrN3O. The van der Waals surface area contributed by atoms with Crippen molar-refractivity contribution in [3.05, 3.63) is 58.5 Å². The second-order valence-electron chi connectivity index (χ2n) is 4.63. The molecule has 3 rings (SSSR count). The number of pyridine rings is 1. The van der Waals surface area contributed by atoms with Crippen molar-refractivity contribution in [2.24, 2.45) is 7.05 Å². The van der Waals surface area contributed by atoms with E-state index in [4.69, 9.17) is 0 Å². The van der Waals surface area contributed by atoms with Crippen LogP contribution in [0.15, 0.2) is 47.2 Å². The van der Waals surface area contributed by atoms with E-state index in [-0.39, 0.29) is 5.78 Å². The highest BCUT2D eigenvalue weighted by Gasteiger charge is 2.14. The van der Waals surface area contributed by atoms with Gasteiger partial charge in [0.15, 0.2) is 5.78 Å². The van der Waals surface area contributed by atoms with E-state index < -0.39 is 0 Å². The van der Waals surface area contributed by atoms with Gasteiger partial charge in [-0.3, -0.25) is 9.48 Å². The molecule has 0 saturated heterocycles. The number of hydrogen-bond donors (Lipinski definition) is 0. The van der Waals surface area contributed by atoms with E-state index in [1.165, 1.54) is 0 Å². The van der Waals surface area contributed by atoms with Gasteiger partial charge in [-0.25, -0.2) is 4.98 Å². The normalized spacial score (nSPS) is 10.9. The molecule has 2 heterocycles. The van der Waals surface area contributed by atoms with Crippen LogP contribution < -0.4 is 0 Å². The minimum absolute atomic E-state index is 0.0179.